The Morgan fingerprint density at radius 2 is 2.19 bits per heavy atom. The van der Waals surface area contributed by atoms with Gasteiger partial charge in [-0.1, -0.05) is 15.9 Å². The lowest BCUT2D eigenvalue weighted by atomic mass is 10.4. The summed E-state index contributed by atoms with van der Waals surface area (Å²) in [7, 11) is 1.65. The van der Waals surface area contributed by atoms with Crippen LogP contribution in [0.15, 0.2) is 6.33 Å². The maximum Gasteiger partial charge on any atom is 0.401 e. The number of halogens is 4. The molecular formula is C8H12BrF3N4. The molecule has 1 rings (SSSR count). The highest BCUT2D eigenvalue weighted by molar-refractivity contribution is 9.09. The molecule has 0 atom stereocenters. The van der Waals surface area contributed by atoms with E-state index in [9.17, 15) is 13.2 Å². The third kappa shape index (κ3) is 4.48. The third-order valence-corrected chi connectivity index (χ3v) is 2.33. The molecule has 16 heavy (non-hydrogen) atoms. The Morgan fingerprint density at radius 3 is 2.62 bits per heavy atom. The molecule has 0 saturated carbocycles. The van der Waals surface area contributed by atoms with E-state index in [4.69, 9.17) is 0 Å². The summed E-state index contributed by atoms with van der Waals surface area (Å²) in [5.74, 6) is 0.519. The van der Waals surface area contributed by atoms with E-state index in [0.717, 1.165) is 0 Å². The van der Waals surface area contributed by atoms with Gasteiger partial charge in [-0.3, -0.25) is 9.58 Å². The molecule has 0 aliphatic carbocycles. The van der Waals surface area contributed by atoms with Gasteiger partial charge in [0.1, 0.15) is 12.2 Å². The molecular weight excluding hydrogens is 289 g/mol. The zero-order valence-electron chi connectivity index (χ0n) is 8.71. The number of nitrogens with zero attached hydrogens (tertiary/aromatic N) is 4. The molecule has 0 saturated heterocycles. The SMILES string of the molecule is Cn1ncnc1CN(CCBr)CC(F)(F)F. The van der Waals surface area contributed by atoms with Gasteiger partial charge in [0, 0.05) is 18.9 Å². The Bertz CT molecular complexity index is 325. The Balaban J connectivity index is 2.61. The van der Waals surface area contributed by atoms with Crippen molar-refractivity contribution in [2.24, 2.45) is 7.05 Å². The summed E-state index contributed by atoms with van der Waals surface area (Å²) in [4.78, 5) is 5.17. The first-order chi connectivity index (χ1) is 7.42. The standard InChI is InChI=1S/C8H12BrF3N4/c1-15-7(13-6-14-15)4-16(3-2-9)5-8(10,11)12/h6H,2-5H2,1H3. The van der Waals surface area contributed by atoms with Crippen LogP contribution in [0.2, 0.25) is 0 Å². The van der Waals surface area contributed by atoms with Gasteiger partial charge in [0.25, 0.3) is 0 Å². The van der Waals surface area contributed by atoms with Crippen LogP contribution in [-0.4, -0.2) is 44.3 Å². The summed E-state index contributed by atoms with van der Waals surface area (Å²) in [6.45, 7) is -0.487. The fourth-order valence-corrected chi connectivity index (χ4v) is 1.75. The molecule has 1 aromatic heterocycles. The van der Waals surface area contributed by atoms with Crippen molar-refractivity contribution >= 4 is 15.9 Å². The van der Waals surface area contributed by atoms with E-state index in [1.165, 1.54) is 15.9 Å². The molecule has 0 fully saturated rings. The molecule has 8 heteroatoms. The predicted molar refractivity (Wildman–Crippen MR) is 56.1 cm³/mol. The van der Waals surface area contributed by atoms with Crippen molar-refractivity contribution in [2.45, 2.75) is 12.7 Å². The smallest absolute Gasteiger partial charge is 0.287 e. The van der Waals surface area contributed by atoms with Crippen LogP contribution in [0, 0.1) is 0 Å². The highest BCUT2D eigenvalue weighted by Gasteiger charge is 2.30. The molecule has 0 spiro atoms. The van der Waals surface area contributed by atoms with Crippen molar-refractivity contribution in [1.82, 2.24) is 19.7 Å². The Hall–Kier alpha value is -0.630. The van der Waals surface area contributed by atoms with Crippen molar-refractivity contribution in [3.8, 4) is 0 Å². The zero-order chi connectivity index (χ0) is 12.2. The van der Waals surface area contributed by atoms with Crippen LogP contribution in [0.25, 0.3) is 0 Å². The molecule has 0 aliphatic rings. The normalized spacial score (nSPS) is 12.4. The van der Waals surface area contributed by atoms with Crippen molar-refractivity contribution in [1.29, 1.82) is 0 Å². The summed E-state index contributed by atoms with van der Waals surface area (Å²) >= 11 is 3.13. The van der Waals surface area contributed by atoms with Crippen LogP contribution in [0.5, 0.6) is 0 Å². The number of aryl methyl sites for hydroxylation is 1. The fourth-order valence-electron chi connectivity index (χ4n) is 1.25. The predicted octanol–water partition coefficient (Wildman–Crippen LogP) is 1.57. The number of rotatable bonds is 5. The molecule has 0 bridgehead atoms. The van der Waals surface area contributed by atoms with E-state index in [0.29, 0.717) is 17.7 Å². The molecule has 1 aromatic rings. The summed E-state index contributed by atoms with van der Waals surface area (Å²) in [5, 5.41) is 4.30. The second kappa shape index (κ2) is 5.62. The van der Waals surface area contributed by atoms with Gasteiger partial charge in [-0.25, -0.2) is 4.98 Å². The lowest BCUT2D eigenvalue weighted by Crippen LogP contribution is -2.35. The topological polar surface area (TPSA) is 34.0 Å². The molecule has 92 valence electrons. The van der Waals surface area contributed by atoms with Gasteiger partial charge < -0.3 is 0 Å². The summed E-state index contributed by atoms with van der Waals surface area (Å²) in [6, 6.07) is 0. The highest BCUT2D eigenvalue weighted by atomic mass is 79.9. The minimum absolute atomic E-state index is 0.140. The van der Waals surface area contributed by atoms with Crippen molar-refractivity contribution < 1.29 is 13.2 Å². The van der Waals surface area contributed by atoms with Gasteiger partial charge in [0.15, 0.2) is 0 Å². The Morgan fingerprint density at radius 1 is 1.50 bits per heavy atom. The molecule has 0 aromatic carbocycles. The van der Waals surface area contributed by atoms with Gasteiger partial charge in [-0.15, -0.1) is 0 Å². The number of hydrogen-bond donors (Lipinski definition) is 0. The van der Waals surface area contributed by atoms with Gasteiger partial charge in [-0.2, -0.15) is 18.3 Å². The van der Waals surface area contributed by atoms with Crippen LogP contribution in [0.4, 0.5) is 13.2 Å². The van der Waals surface area contributed by atoms with Gasteiger partial charge in [-0.05, 0) is 0 Å². The van der Waals surface area contributed by atoms with Crippen LogP contribution in [0.1, 0.15) is 5.82 Å². The minimum atomic E-state index is -4.19. The number of hydrogen-bond acceptors (Lipinski definition) is 3. The maximum atomic E-state index is 12.3. The largest absolute Gasteiger partial charge is 0.401 e. The lowest BCUT2D eigenvalue weighted by molar-refractivity contribution is -0.146. The average molecular weight is 301 g/mol. The second-order valence-corrected chi connectivity index (χ2v) is 4.11. The van der Waals surface area contributed by atoms with Crippen molar-refractivity contribution in [3.05, 3.63) is 12.2 Å². The summed E-state index contributed by atoms with van der Waals surface area (Å²) in [6.07, 6.45) is -2.87. The summed E-state index contributed by atoms with van der Waals surface area (Å²) in [5.41, 5.74) is 0. The quantitative estimate of drug-likeness (QED) is 0.774. The van der Waals surface area contributed by atoms with Gasteiger partial charge >= 0.3 is 6.18 Å². The first kappa shape index (κ1) is 13.4. The van der Waals surface area contributed by atoms with Crippen LogP contribution in [0.3, 0.4) is 0 Å². The number of aromatic nitrogens is 3. The van der Waals surface area contributed by atoms with Crippen molar-refractivity contribution in [3.63, 3.8) is 0 Å². The fraction of sp³-hybridized carbons (Fsp3) is 0.750. The molecule has 4 nitrogen and oxygen atoms in total. The molecule has 0 radical (unpaired) electrons. The monoisotopic (exact) mass is 300 g/mol. The minimum Gasteiger partial charge on any atom is -0.287 e. The first-order valence-corrected chi connectivity index (χ1v) is 5.72. The molecule has 0 aliphatic heterocycles. The Labute approximate surface area is 99.6 Å². The van der Waals surface area contributed by atoms with E-state index < -0.39 is 12.7 Å². The second-order valence-electron chi connectivity index (χ2n) is 3.31. The van der Waals surface area contributed by atoms with Crippen molar-refractivity contribution in [2.75, 3.05) is 18.4 Å². The van der Waals surface area contributed by atoms with E-state index in [2.05, 4.69) is 26.0 Å². The van der Waals surface area contributed by atoms with E-state index in [1.807, 2.05) is 0 Å². The van der Waals surface area contributed by atoms with Crippen LogP contribution >= 0.6 is 15.9 Å². The highest BCUT2D eigenvalue weighted by Crippen LogP contribution is 2.17. The molecule has 1 heterocycles. The molecule has 0 N–H and O–H groups in total. The zero-order valence-corrected chi connectivity index (χ0v) is 10.3. The van der Waals surface area contributed by atoms with Crippen LogP contribution in [-0.2, 0) is 13.6 Å². The maximum absolute atomic E-state index is 12.3. The van der Waals surface area contributed by atoms with E-state index in [1.54, 1.807) is 7.05 Å². The number of alkyl halides is 4. The third-order valence-electron chi connectivity index (χ3n) is 1.97. The van der Waals surface area contributed by atoms with Gasteiger partial charge in [0.2, 0.25) is 0 Å². The first-order valence-electron chi connectivity index (χ1n) is 4.60. The van der Waals surface area contributed by atoms with Crippen LogP contribution < -0.4 is 0 Å². The Kier molecular flexibility index (Phi) is 4.72. The lowest BCUT2D eigenvalue weighted by Gasteiger charge is -2.21. The summed E-state index contributed by atoms with van der Waals surface area (Å²) < 4.78 is 38.2. The average Bonchev–Trinajstić information content (AvgIpc) is 2.49. The van der Waals surface area contributed by atoms with Gasteiger partial charge in [0.05, 0.1) is 13.1 Å². The molecule has 0 amide bonds. The van der Waals surface area contributed by atoms with E-state index >= 15 is 0 Å². The van der Waals surface area contributed by atoms with E-state index in [-0.39, 0.29) is 6.54 Å². The molecule has 0 unspecified atom stereocenters.